The molecule has 0 radical (unpaired) electrons. The third-order valence-corrected chi connectivity index (χ3v) is 7.26. The lowest BCUT2D eigenvalue weighted by atomic mass is 10.0. The van der Waals surface area contributed by atoms with Gasteiger partial charge in [-0.1, -0.05) is 11.6 Å². The molecule has 11 heteroatoms. The molecule has 36 heavy (non-hydrogen) atoms. The average molecular weight is 501 g/mol. The number of benzene rings is 1. The molecule has 1 N–H and O–H groups in total. The Morgan fingerprint density at radius 3 is 2.83 bits per heavy atom. The van der Waals surface area contributed by atoms with Crippen LogP contribution < -0.4 is 5.56 Å². The first-order valence-corrected chi connectivity index (χ1v) is 11.8. The van der Waals surface area contributed by atoms with Crippen LogP contribution in [0.2, 0.25) is 5.02 Å². The smallest absolute Gasteiger partial charge is 0.252 e. The molecule has 3 atom stereocenters. The Morgan fingerprint density at radius 1 is 1.14 bits per heavy atom. The maximum Gasteiger partial charge on any atom is 0.252 e. The molecule has 9 nitrogen and oxygen atoms in total. The van der Waals surface area contributed by atoms with Crippen molar-refractivity contribution in [3.8, 4) is 28.1 Å². The summed E-state index contributed by atoms with van der Waals surface area (Å²) in [6, 6.07) is 12.2. The largest absolute Gasteiger partial charge is 0.340 e. The predicted molar refractivity (Wildman–Crippen MR) is 129 cm³/mol. The van der Waals surface area contributed by atoms with Crippen molar-refractivity contribution >= 4 is 11.6 Å². The number of H-pyrrole nitrogens is 1. The molecular weight excluding hydrogens is 483 g/mol. The molecule has 1 aromatic carbocycles. The summed E-state index contributed by atoms with van der Waals surface area (Å²) in [4.78, 5) is 25.2. The summed E-state index contributed by atoms with van der Waals surface area (Å²) in [6.45, 7) is 1.74. The van der Waals surface area contributed by atoms with Crippen molar-refractivity contribution < 1.29 is 4.39 Å². The number of hydrogen-bond acceptors (Lipinski definition) is 6. The Labute approximate surface area is 208 Å². The second-order valence-electron chi connectivity index (χ2n) is 9.22. The maximum absolute atomic E-state index is 14.4. The van der Waals surface area contributed by atoms with Crippen molar-refractivity contribution in [3.05, 3.63) is 93.5 Å². The Kier molecular flexibility index (Phi) is 4.50. The number of pyridine rings is 2. The van der Waals surface area contributed by atoms with Crippen LogP contribution in [0.5, 0.6) is 0 Å². The van der Waals surface area contributed by atoms with Crippen molar-refractivity contribution in [2.24, 2.45) is 5.92 Å². The van der Waals surface area contributed by atoms with Crippen LogP contribution in [-0.2, 0) is 0 Å². The summed E-state index contributed by atoms with van der Waals surface area (Å²) in [5.74, 6) is 0.599. The third-order valence-electron chi connectivity index (χ3n) is 7.02. The van der Waals surface area contributed by atoms with Crippen LogP contribution in [-0.4, -0.2) is 39.7 Å². The number of imidazole rings is 1. The zero-order valence-corrected chi connectivity index (χ0v) is 19.7. The monoisotopic (exact) mass is 500 g/mol. The average Bonchev–Trinajstić information content (AvgIpc) is 3.20. The van der Waals surface area contributed by atoms with E-state index < -0.39 is 5.95 Å². The Bertz CT molecular complexity index is 1710. The molecule has 5 aromatic rings. The number of nitrogens with one attached hydrogen (secondary N) is 1. The van der Waals surface area contributed by atoms with Gasteiger partial charge in [-0.3, -0.25) is 4.79 Å². The van der Waals surface area contributed by atoms with E-state index in [4.69, 9.17) is 11.6 Å². The second-order valence-corrected chi connectivity index (χ2v) is 9.65. The summed E-state index contributed by atoms with van der Waals surface area (Å²) in [5.41, 5.74) is 4.54. The van der Waals surface area contributed by atoms with Gasteiger partial charge in [0.1, 0.15) is 12.2 Å². The summed E-state index contributed by atoms with van der Waals surface area (Å²) in [5, 5.41) is 12.0. The standard InChI is InChI=1S/C25H18ClFN8O/c1-12-2-4-15(24(27)30-12)19-10-28-25(31-19)23-18-9-17(18)21-6-13(7-22(36)35(21)23)16-8-14(26)3-5-20(16)34-11-29-32-33-34/h2-8,10-11,17-18,23H,9H2,1H3,(H,28,31). The highest BCUT2D eigenvalue weighted by atomic mass is 35.5. The minimum atomic E-state index is -0.553. The molecule has 5 heterocycles. The highest BCUT2D eigenvalue weighted by molar-refractivity contribution is 6.31. The van der Waals surface area contributed by atoms with Gasteiger partial charge in [0.05, 0.1) is 29.2 Å². The summed E-state index contributed by atoms with van der Waals surface area (Å²) in [7, 11) is 0. The number of aryl methyl sites for hydroxylation is 1. The van der Waals surface area contributed by atoms with Crippen LogP contribution in [0.25, 0.3) is 28.1 Å². The number of tetrazole rings is 1. The maximum atomic E-state index is 14.4. The highest BCUT2D eigenvalue weighted by Gasteiger charge is 2.54. The lowest BCUT2D eigenvalue weighted by Crippen LogP contribution is -2.26. The minimum Gasteiger partial charge on any atom is -0.340 e. The number of aromatic amines is 1. The van der Waals surface area contributed by atoms with Gasteiger partial charge < -0.3 is 9.55 Å². The van der Waals surface area contributed by atoms with Gasteiger partial charge >= 0.3 is 0 Å². The molecule has 7 rings (SSSR count). The van der Waals surface area contributed by atoms with Gasteiger partial charge in [0.2, 0.25) is 5.95 Å². The van der Waals surface area contributed by atoms with E-state index >= 15 is 0 Å². The molecule has 0 spiro atoms. The van der Waals surface area contributed by atoms with Crippen molar-refractivity contribution in [1.82, 2.24) is 39.7 Å². The normalized spacial score (nSPS) is 19.8. The zero-order chi connectivity index (χ0) is 24.6. The van der Waals surface area contributed by atoms with Gasteiger partial charge in [-0.2, -0.15) is 9.07 Å². The third kappa shape index (κ3) is 3.21. The molecular formula is C25H18ClFN8O. The van der Waals surface area contributed by atoms with Gasteiger partial charge in [-0.05, 0) is 71.7 Å². The van der Waals surface area contributed by atoms with E-state index in [1.165, 1.54) is 6.33 Å². The molecule has 3 unspecified atom stereocenters. The van der Waals surface area contributed by atoms with E-state index in [-0.39, 0.29) is 23.4 Å². The Morgan fingerprint density at radius 2 is 2.03 bits per heavy atom. The molecule has 0 bridgehead atoms. The SMILES string of the molecule is Cc1ccc(-c2cnc(C3C4CC4c4cc(-c5cc(Cl)ccc5-n5cnnn5)cc(=O)n43)[nH]2)c(F)n1. The summed E-state index contributed by atoms with van der Waals surface area (Å²) >= 11 is 6.31. The molecule has 0 saturated heterocycles. The molecule has 0 amide bonds. The van der Waals surface area contributed by atoms with Crippen molar-refractivity contribution in [2.75, 3.05) is 0 Å². The zero-order valence-electron chi connectivity index (χ0n) is 18.9. The van der Waals surface area contributed by atoms with Gasteiger partial charge in [-0.15, -0.1) is 5.10 Å². The van der Waals surface area contributed by atoms with E-state index in [1.54, 1.807) is 46.6 Å². The first-order chi connectivity index (χ1) is 17.5. The second kappa shape index (κ2) is 7.66. The van der Waals surface area contributed by atoms with E-state index in [9.17, 15) is 9.18 Å². The summed E-state index contributed by atoms with van der Waals surface area (Å²) in [6.07, 6.45) is 4.06. The van der Waals surface area contributed by atoms with Crippen molar-refractivity contribution in [3.63, 3.8) is 0 Å². The Balaban J connectivity index is 1.31. The van der Waals surface area contributed by atoms with Crippen LogP contribution in [0.1, 0.15) is 35.6 Å². The molecule has 1 saturated carbocycles. The van der Waals surface area contributed by atoms with Crippen LogP contribution in [0.4, 0.5) is 4.39 Å². The fraction of sp³-hybridized carbons (Fsp3) is 0.200. The fourth-order valence-corrected chi connectivity index (χ4v) is 5.49. The van der Waals surface area contributed by atoms with Crippen molar-refractivity contribution in [2.45, 2.75) is 25.3 Å². The first kappa shape index (κ1) is 21.1. The van der Waals surface area contributed by atoms with Gasteiger partial charge in [0.25, 0.3) is 5.56 Å². The number of fused-ring (bicyclic) bond motifs is 3. The lowest BCUT2D eigenvalue weighted by molar-refractivity contribution is 0.514. The number of halogens is 2. The van der Waals surface area contributed by atoms with E-state index in [1.807, 2.05) is 18.2 Å². The van der Waals surface area contributed by atoms with Crippen LogP contribution in [0.3, 0.4) is 0 Å². The van der Waals surface area contributed by atoms with Crippen LogP contribution in [0.15, 0.2) is 59.8 Å². The van der Waals surface area contributed by atoms with E-state index in [2.05, 4.69) is 30.5 Å². The number of rotatable bonds is 4. The van der Waals surface area contributed by atoms with Crippen molar-refractivity contribution in [1.29, 1.82) is 0 Å². The molecule has 1 aliphatic carbocycles. The quantitative estimate of drug-likeness (QED) is 0.372. The topological polar surface area (TPSA) is 107 Å². The van der Waals surface area contributed by atoms with Crippen LogP contribution >= 0.6 is 11.6 Å². The van der Waals surface area contributed by atoms with Gasteiger partial charge in [0.15, 0.2) is 0 Å². The Hall–Kier alpha value is -4.18. The number of hydrogen-bond donors (Lipinski definition) is 1. The summed E-state index contributed by atoms with van der Waals surface area (Å²) < 4.78 is 17.8. The molecule has 178 valence electrons. The van der Waals surface area contributed by atoms with E-state index in [0.717, 1.165) is 28.9 Å². The predicted octanol–water partition coefficient (Wildman–Crippen LogP) is 4.08. The number of nitrogens with zero attached hydrogens (tertiary/aromatic N) is 7. The van der Waals surface area contributed by atoms with Gasteiger partial charge in [0, 0.05) is 34.0 Å². The molecule has 1 fully saturated rings. The van der Waals surface area contributed by atoms with Gasteiger partial charge in [-0.25, -0.2) is 9.97 Å². The first-order valence-electron chi connectivity index (χ1n) is 11.5. The molecule has 2 aliphatic rings. The van der Waals surface area contributed by atoms with Crippen LogP contribution in [0, 0.1) is 18.8 Å². The minimum absolute atomic E-state index is 0.136. The van der Waals surface area contributed by atoms with E-state index in [0.29, 0.717) is 27.8 Å². The molecule has 1 aliphatic heterocycles. The number of aromatic nitrogens is 8. The fourth-order valence-electron chi connectivity index (χ4n) is 5.32. The molecule has 4 aromatic heterocycles. The highest BCUT2D eigenvalue weighted by Crippen LogP contribution is 2.60. The lowest BCUT2D eigenvalue weighted by Gasteiger charge is -2.18.